The Balaban J connectivity index is 1.62. The van der Waals surface area contributed by atoms with Crippen molar-refractivity contribution in [3.63, 3.8) is 0 Å². The van der Waals surface area contributed by atoms with E-state index in [1.165, 1.54) is 11.1 Å². The normalized spacial score (nSPS) is 27.2. The van der Waals surface area contributed by atoms with E-state index in [0.29, 0.717) is 6.04 Å². The van der Waals surface area contributed by atoms with Gasteiger partial charge in [-0.2, -0.15) is 11.3 Å². The van der Waals surface area contributed by atoms with Crippen molar-refractivity contribution < 1.29 is 4.79 Å². The Bertz CT molecular complexity index is 700. The van der Waals surface area contributed by atoms with Gasteiger partial charge in [-0.3, -0.25) is 9.69 Å². The van der Waals surface area contributed by atoms with Crippen LogP contribution in [0.15, 0.2) is 47.2 Å². The lowest BCUT2D eigenvalue weighted by molar-refractivity contribution is -0.131. The second-order valence-corrected chi connectivity index (χ2v) is 7.90. The summed E-state index contributed by atoms with van der Waals surface area (Å²) in [6, 6.07) is 13.4. The predicted octanol–water partition coefficient (Wildman–Crippen LogP) is 3.51. The van der Waals surface area contributed by atoms with Gasteiger partial charge in [-0.1, -0.05) is 30.3 Å². The minimum Gasteiger partial charge on any atom is -0.338 e. The molecular formula is C20H24N2OS. The molecule has 0 unspecified atom stereocenters. The Kier molecular flexibility index (Phi) is 4.19. The van der Waals surface area contributed by atoms with Crippen LogP contribution >= 0.6 is 11.3 Å². The summed E-state index contributed by atoms with van der Waals surface area (Å²) in [5.74, 6) is 0.218. The quantitative estimate of drug-likeness (QED) is 0.854. The SMILES string of the molecule is CC(=O)N1CC[C@]2(c3ccccc3)CCN(Cc3ccsc3)C[C@H]12. The summed E-state index contributed by atoms with van der Waals surface area (Å²) >= 11 is 1.76. The van der Waals surface area contributed by atoms with Crippen LogP contribution in [-0.2, 0) is 16.8 Å². The number of carbonyl (C=O) groups excluding carboxylic acids is 1. The zero-order valence-corrected chi connectivity index (χ0v) is 15.0. The van der Waals surface area contributed by atoms with Crippen molar-refractivity contribution in [2.24, 2.45) is 0 Å². The van der Waals surface area contributed by atoms with E-state index in [-0.39, 0.29) is 11.3 Å². The Morgan fingerprint density at radius 2 is 2.00 bits per heavy atom. The zero-order valence-electron chi connectivity index (χ0n) is 14.1. The number of hydrogen-bond acceptors (Lipinski definition) is 3. The van der Waals surface area contributed by atoms with E-state index >= 15 is 0 Å². The summed E-state index contributed by atoms with van der Waals surface area (Å²) in [6.45, 7) is 5.69. The largest absolute Gasteiger partial charge is 0.338 e. The maximum absolute atomic E-state index is 12.2. The Labute approximate surface area is 147 Å². The summed E-state index contributed by atoms with van der Waals surface area (Å²) in [6.07, 6.45) is 2.23. The van der Waals surface area contributed by atoms with E-state index in [0.717, 1.165) is 39.0 Å². The smallest absolute Gasteiger partial charge is 0.219 e. The van der Waals surface area contributed by atoms with Gasteiger partial charge in [0.15, 0.2) is 0 Å². The van der Waals surface area contributed by atoms with Crippen molar-refractivity contribution in [3.8, 4) is 0 Å². The second-order valence-electron chi connectivity index (χ2n) is 7.12. The average molecular weight is 340 g/mol. The molecule has 2 aliphatic rings. The van der Waals surface area contributed by atoms with Gasteiger partial charge >= 0.3 is 0 Å². The topological polar surface area (TPSA) is 23.6 Å². The van der Waals surface area contributed by atoms with Gasteiger partial charge in [0.2, 0.25) is 5.91 Å². The molecule has 0 aliphatic carbocycles. The first-order valence-electron chi connectivity index (χ1n) is 8.75. The fourth-order valence-corrected chi connectivity index (χ4v) is 5.27. The highest BCUT2D eigenvalue weighted by molar-refractivity contribution is 7.07. The van der Waals surface area contributed by atoms with Crippen LogP contribution in [0.2, 0.25) is 0 Å². The number of fused-ring (bicyclic) bond motifs is 1. The van der Waals surface area contributed by atoms with Crippen LogP contribution in [0.25, 0.3) is 0 Å². The lowest BCUT2D eigenvalue weighted by Crippen LogP contribution is -2.56. The van der Waals surface area contributed by atoms with E-state index in [4.69, 9.17) is 0 Å². The van der Waals surface area contributed by atoms with Gasteiger partial charge < -0.3 is 4.90 Å². The standard InChI is InChI=1S/C20H24N2OS/c1-16(23)22-11-9-20(18-5-3-2-4-6-18)8-10-21(14-19(20)22)13-17-7-12-24-15-17/h2-7,12,15,19H,8-11,13-14H2,1H3/t19-,20-/m0/s1. The number of benzene rings is 1. The fourth-order valence-electron chi connectivity index (χ4n) is 4.61. The molecule has 4 rings (SSSR count). The molecule has 1 aromatic carbocycles. The molecule has 3 heterocycles. The van der Waals surface area contributed by atoms with Gasteiger partial charge in [0.1, 0.15) is 0 Å². The summed E-state index contributed by atoms with van der Waals surface area (Å²) in [4.78, 5) is 16.8. The maximum atomic E-state index is 12.2. The number of piperidine rings is 1. The van der Waals surface area contributed by atoms with Gasteiger partial charge in [-0.05, 0) is 47.3 Å². The molecule has 0 saturated carbocycles. The Morgan fingerprint density at radius 1 is 1.21 bits per heavy atom. The molecule has 1 amide bonds. The molecular weight excluding hydrogens is 316 g/mol. The summed E-state index contributed by atoms with van der Waals surface area (Å²) in [7, 11) is 0. The number of rotatable bonds is 3. The van der Waals surface area contributed by atoms with Gasteiger partial charge in [0, 0.05) is 32.0 Å². The van der Waals surface area contributed by atoms with Crippen molar-refractivity contribution in [2.45, 2.75) is 37.8 Å². The summed E-state index contributed by atoms with van der Waals surface area (Å²) in [5, 5.41) is 4.38. The number of hydrogen-bond donors (Lipinski definition) is 0. The van der Waals surface area contributed by atoms with Crippen LogP contribution in [0.4, 0.5) is 0 Å². The van der Waals surface area contributed by atoms with Gasteiger partial charge in [0.25, 0.3) is 0 Å². The lowest BCUT2D eigenvalue weighted by Gasteiger charge is -2.46. The van der Waals surface area contributed by atoms with Crippen LogP contribution in [0.5, 0.6) is 0 Å². The molecule has 24 heavy (non-hydrogen) atoms. The zero-order chi connectivity index (χ0) is 16.6. The molecule has 0 spiro atoms. The third-order valence-corrected chi connectivity index (χ3v) is 6.59. The minimum atomic E-state index is 0.137. The minimum absolute atomic E-state index is 0.137. The third-order valence-electron chi connectivity index (χ3n) is 5.86. The van der Waals surface area contributed by atoms with Crippen LogP contribution in [-0.4, -0.2) is 41.4 Å². The van der Waals surface area contributed by atoms with Crippen molar-refractivity contribution in [3.05, 3.63) is 58.3 Å². The van der Waals surface area contributed by atoms with Crippen molar-refractivity contribution in [2.75, 3.05) is 19.6 Å². The van der Waals surface area contributed by atoms with E-state index < -0.39 is 0 Å². The second kappa shape index (κ2) is 6.34. The van der Waals surface area contributed by atoms with Crippen molar-refractivity contribution >= 4 is 17.2 Å². The van der Waals surface area contributed by atoms with Gasteiger partial charge in [-0.25, -0.2) is 0 Å². The van der Waals surface area contributed by atoms with Gasteiger partial charge in [-0.15, -0.1) is 0 Å². The molecule has 0 bridgehead atoms. The van der Waals surface area contributed by atoms with E-state index in [1.54, 1.807) is 18.3 Å². The molecule has 2 atom stereocenters. The number of likely N-dealkylation sites (tertiary alicyclic amines) is 2. The number of carbonyl (C=O) groups is 1. The van der Waals surface area contributed by atoms with Crippen LogP contribution < -0.4 is 0 Å². The maximum Gasteiger partial charge on any atom is 0.219 e. The van der Waals surface area contributed by atoms with Crippen molar-refractivity contribution in [1.29, 1.82) is 0 Å². The molecule has 2 aromatic rings. The molecule has 1 aromatic heterocycles. The first-order valence-corrected chi connectivity index (χ1v) is 9.69. The van der Waals surface area contributed by atoms with Crippen molar-refractivity contribution in [1.82, 2.24) is 9.80 Å². The monoisotopic (exact) mass is 340 g/mol. The Hall–Kier alpha value is -1.65. The number of amides is 1. The van der Waals surface area contributed by atoms with Crippen LogP contribution in [0.3, 0.4) is 0 Å². The van der Waals surface area contributed by atoms with E-state index in [2.05, 4.69) is 57.0 Å². The first-order chi connectivity index (χ1) is 11.7. The average Bonchev–Trinajstić information content (AvgIpc) is 3.23. The highest BCUT2D eigenvalue weighted by Gasteiger charge is 2.51. The predicted molar refractivity (Wildman–Crippen MR) is 98.1 cm³/mol. The molecule has 0 N–H and O–H groups in total. The highest BCUT2D eigenvalue weighted by atomic mass is 32.1. The molecule has 2 saturated heterocycles. The number of thiophene rings is 1. The number of nitrogens with zero attached hydrogens (tertiary/aromatic N) is 2. The van der Waals surface area contributed by atoms with E-state index in [1.807, 2.05) is 0 Å². The van der Waals surface area contributed by atoms with Crippen LogP contribution in [0.1, 0.15) is 30.9 Å². The van der Waals surface area contributed by atoms with Crippen LogP contribution in [0, 0.1) is 0 Å². The lowest BCUT2D eigenvalue weighted by atomic mass is 9.69. The fraction of sp³-hybridized carbons (Fsp3) is 0.450. The molecule has 126 valence electrons. The first kappa shape index (κ1) is 15.9. The third kappa shape index (κ3) is 2.68. The highest BCUT2D eigenvalue weighted by Crippen LogP contribution is 2.46. The van der Waals surface area contributed by atoms with Gasteiger partial charge in [0.05, 0.1) is 6.04 Å². The molecule has 0 radical (unpaired) electrons. The summed E-state index contributed by atoms with van der Waals surface area (Å²) in [5.41, 5.74) is 2.94. The molecule has 3 nitrogen and oxygen atoms in total. The Morgan fingerprint density at radius 3 is 2.71 bits per heavy atom. The molecule has 2 aliphatic heterocycles. The van der Waals surface area contributed by atoms with E-state index in [9.17, 15) is 4.79 Å². The molecule has 4 heteroatoms. The molecule has 2 fully saturated rings. The summed E-state index contributed by atoms with van der Waals surface area (Å²) < 4.78 is 0.